The van der Waals surface area contributed by atoms with Crippen molar-refractivity contribution in [2.75, 3.05) is 4.90 Å². The van der Waals surface area contributed by atoms with Gasteiger partial charge in [0, 0.05) is 18.3 Å². The summed E-state index contributed by atoms with van der Waals surface area (Å²) in [5.41, 5.74) is 3.50. The van der Waals surface area contributed by atoms with Gasteiger partial charge < -0.3 is 10.4 Å². The molecular formula is C31H29N3O3. The number of aliphatic hydroxyl groups excluding tert-OH is 1. The van der Waals surface area contributed by atoms with E-state index in [1.54, 1.807) is 17.2 Å². The Bertz CT molecular complexity index is 1420. The molecule has 1 aliphatic heterocycles. The Morgan fingerprint density at radius 3 is 2.32 bits per heavy atom. The van der Waals surface area contributed by atoms with Gasteiger partial charge in [-0.25, -0.2) is 4.98 Å². The maximum Gasteiger partial charge on any atom is 0.260 e. The van der Waals surface area contributed by atoms with Crippen LogP contribution in [0.5, 0.6) is 0 Å². The number of aromatic nitrogens is 1. The Hall–Kier alpha value is -4.29. The van der Waals surface area contributed by atoms with Crippen LogP contribution in [-0.2, 0) is 23.4 Å². The quantitative estimate of drug-likeness (QED) is 0.404. The number of fused-ring (bicyclic) bond motifs is 1. The molecule has 6 nitrogen and oxygen atoms in total. The molecule has 6 heteroatoms. The molecule has 1 aromatic heterocycles. The van der Waals surface area contributed by atoms with Gasteiger partial charge in [-0.1, -0.05) is 78.9 Å². The lowest BCUT2D eigenvalue weighted by atomic mass is 9.67. The van der Waals surface area contributed by atoms with Crippen molar-refractivity contribution in [1.29, 1.82) is 0 Å². The minimum absolute atomic E-state index is 0.0925. The summed E-state index contributed by atoms with van der Waals surface area (Å²) in [7, 11) is 0. The van der Waals surface area contributed by atoms with Crippen LogP contribution in [0.2, 0.25) is 0 Å². The molecule has 0 bridgehead atoms. The number of amides is 2. The highest BCUT2D eigenvalue weighted by Gasteiger charge is 2.54. The van der Waals surface area contributed by atoms with Crippen LogP contribution in [0.1, 0.15) is 51.1 Å². The molecule has 2 atom stereocenters. The van der Waals surface area contributed by atoms with E-state index in [0.29, 0.717) is 23.5 Å². The Morgan fingerprint density at radius 2 is 1.65 bits per heavy atom. The summed E-state index contributed by atoms with van der Waals surface area (Å²) in [6, 6.07) is 27.5. The van der Waals surface area contributed by atoms with Crippen molar-refractivity contribution in [3.63, 3.8) is 0 Å². The third-order valence-electron chi connectivity index (χ3n) is 7.13. The van der Waals surface area contributed by atoms with Gasteiger partial charge >= 0.3 is 0 Å². The lowest BCUT2D eigenvalue weighted by Crippen LogP contribution is -2.57. The standard InChI is InChI=1S/C31H29N3O3/c1-21-12-17-27(32-18-21)34-28(24-15-13-23(20-35)14-16-24)31(2,26-11-7-6-10-25(26)29(34)36)30(37)33-19-22-8-4-3-5-9-22/h3-18,28,35H,19-20H2,1-2H3,(H,33,37)/t28-,31-/m0/s1. The summed E-state index contributed by atoms with van der Waals surface area (Å²) in [5.74, 6) is 0.0737. The predicted octanol–water partition coefficient (Wildman–Crippen LogP) is 4.86. The lowest BCUT2D eigenvalue weighted by molar-refractivity contribution is -0.127. The monoisotopic (exact) mass is 491 g/mol. The number of carbonyl (C=O) groups excluding carboxylic acids is 2. The van der Waals surface area contributed by atoms with Crippen LogP contribution in [0.15, 0.2) is 97.2 Å². The first-order chi connectivity index (χ1) is 17.9. The largest absolute Gasteiger partial charge is 0.392 e. The van der Waals surface area contributed by atoms with Crippen LogP contribution < -0.4 is 10.2 Å². The van der Waals surface area contributed by atoms with Gasteiger partial charge in [-0.3, -0.25) is 14.5 Å². The van der Waals surface area contributed by atoms with E-state index in [4.69, 9.17) is 0 Å². The molecule has 1 aliphatic rings. The van der Waals surface area contributed by atoms with Crippen LogP contribution >= 0.6 is 0 Å². The topological polar surface area (TPSA) is 82.5 Å². The molecule has 2 N–H and O–H groups in total. The van der Waals surface area contributed by atoms with E-state index in [2.05, 4.69) is 10.3 Å². The molecule has 0 unspecified atom stereocenters. The first-order valence-corrected chi connectivity index (χ1v) is 12.3. The van der Waals surface area contributed by atoms with Crippen molar-refractivity contribution in [3.05, 3.63) is 131 Å². The fourth-order valence-corrected chi connectivity index (χ4v) is 5.11. The molecule has 37 heavy (non-hydrogen) atoms. The van der Waals surface area contributed by atoms with E-state index >= 15 is 0 Å². The Labute approximate surface area is 216 Å². The maximum absolute atomic E-state index is 14.2. The number of anilines is 1. The molecule has 186 valence electrons. The summed E-state index contributed by atoms with van der Waals surface area (Å²) in [6.07, 6.45) is 1.72. The summed E-state index contributed by atoms with van der Waals surface area (Å²) in [5, 5.41) is 12.7. The molecule has 5 rings (SSSR count). The third-order valence-corrected chi connectivity index (χ3v) is 7.13. The van der Waals surface area contributed by atoms with Crippen LogP contribution in [0.25, 0.3) is 0 Å². The van der Waals surface area contributed by atoms with E-state index in [9.17, 15) is 14.7 Å². The molecule has 0 saturated heterocycles. The molecule has 0 radical (unpaired) electrons. The molecular weight excluding hydrogens is 462 g/mol. The van der Waals surface area contributed by atoms with Crippen molar-refractivity contribution in [2.45, 2.75) is 38.5 Å². The number of nitrogens with one attached hydrogen (secondary N) is 1. The lowest BCUT2D eigenvalue weighted by Gasteiger charge is -2.47. The fourth-order valence-electron chi connectivity index (χ4n) is 5.11. The van der Waals surface area contributed by atoms with Gasteiger partial charge in [-0.15, -0.1) is 0 Å². The van der Waals surface area contributed by atoms with Gasteiger partial charge in [0.05, 0.1) is 18.1 Å². The van der Waals surface area contributed by atoms with E-state index in [0.717, 1.165) is 22.3 Å². The van der Waals surface area contributed by atoms with E-state index in [1.807, 2.05) is 98.8 Å². The van der Waals surface area contributed by atoms with E-state index in [1.165, 1.54) is 0 Å². The first kappa shape index (κ1) is 24.4. The van der Waals surface area contributed by atoms with Gasteiger partial charge in [-0.2, -0.15) is 0 Å². The highest BCUT2D eigenvalue weighted by atomic mass is 16.3. The number of aliphatic hydroxyl groups is 1. The smallest absolute Gasteiger partial charge is 0.260 e. The van der Waals surface area contributed by atoms with Crippen molar-refractivity contribution < 1.29 is 14.7 Å². The van der Waals surface area contributed by atoms with Crippen LogP contribution in [0.4, 0.5) is 5.82 Å². The van der Waals surface area contributed by atoms with Crippen LogP contribution in [-0.4, -0.2) is 21.9 Å². The van der Waals surface area contributed by atoms with E-state index in [-0.39, 0.29) is 18.4 Å². The van der Waals surface area contributed by atoms with Crippen LogP contribution in [0.3, 0.4) is 0 Å². The molecule has 0 fully saturated rings. The summed E-state index contributed by atoms with van der Waals surface area (Å²) in [6.45, 7) is 4.11. The zero-order valence-corrected chi connectivity index (χ0v) is 20.9. The van der Waals surface area contributed by atoms with Gasteiger partial charge in [0.1, 0.15) is 5.82 Å². The SMILES string of the molecule is Cc1ccc(N2C(=O)c3ccccc3[C@](C)(C(=O)NCc3ccccc3)[C@@H]2c2ccc(CO)cc2)nc1. The number of hydrogen-bond donors (Lipinski definition) is 2. The van der Waals surface area contributed by atoms with Gasteiger partial charge in [0.25, 0.3) is 5.91 Å². The zero-order chi connectivity index (χ0) is 26.0. The number of benzene rings is 3. The molecule has 0 saturated carbocycles. The molecule has 0 spiro atoms. The van der Waals surface area contributed by atoms with Crippen molar-refractivity contribution in [3.8, 4) is 0 Å². The van der Waals surface area contributed by atoms with E-state index < -0.39 is 11.5 Å². The van der Waals surface area contributed by atoms with Crippen molar-refractivity contribution in [1.82, 2.24) is 10.3 Å². The molecule has 0 aliphatic carbocycles. The number of carbonyl (C=O) groups is 2. The third kappa shape index (κ3) is 4.41. The zero-order valence-electron chi connectivity index (χ0n) is 20.9. The Morgan fingerprint density at radius 1 is 0.946 bits per heavy atom. The predicted molar refractivity (Wildman–Crippen MR) is 143 cm³/mol. The normalized spacial score (nSPS) is 18.8. The second-order valence-electron chi connectivity index (χ2n) is 9.59. The van der Waals surface area contributed by atoms with Crippen molar-refractivity contribution >= 4 is 17.6 Å². The van der Waals surface area contributed by atoms with Crippen LogP contribution in [0, 0.1) is 6.92 Å². The second-order valence-corrected chi connectivity index (χ2v) is 9.59. The molecule has 2 amide bonds. The van der Waals surface area contributed by atoms with Crippen molar-refractivity contribution in [2.24, 2.45) is 0 Å². The summed E-state index contributed by atoms with van der Waals surface area (Å²) in [4.78, 5) is 34.4. The van der Waals surface area contributed by atoms with Gasteiger partial charge in [-0.05, 0) is 53.8 Å². The number of hydrogen-bond acceptors (Lipinski definition) is 4. The van der Waals surface area contributed by atoms with Gasteiger partial charge in [0.15, 0.2) is 0 Å². The second kappa shape index (κ2) is 9.99. The number of rotatable bonds is 6. The average Bonchev–Trinajstić information content (AvgIpc) is 2.95. The Kier molecular flexibility index (Phi) is 6.59. The number of pyridine rings is 1. The fraction of sp³-hybridized carbons (Fsp3) is 0.194. The first-order valence-electron chi connectivity index (χ1n) is 12.3. The Balaban J connectivity index is 1.69. The minimum atomic E-state index is -1.13. The average molecular weight is 492 g/mol. The molecule has 4 aromatic rings. The summed E-state index contributed by atoms with van der Waals surface area (Å²) >= 11 is 0. The summed E-state index contributed by atoms with van der Waals surface area (Å²) < 4.78 is 0. The molecule has 3 aromatic carbocycles. The highest BCUT2D eigenvalue weighted by Crippen LogP contribution is 2.48. The molecule has 2 heterocycles. The number of nitrogens with zero attached hydrogens (tertiary/aromatic N) is 2. The maximum atomic E-state index is 14.2. The highest BCUT2D eigenvalue weighted by molar-refractivity contribution is 6.12. The minimum Gasteiger partial charge on any atom is -0.392 e. The van der Waals surface area contributed by atoms with Gasteiger partial charge in [0.2, 0.25) is 5.91 Å². The number of aryl methyl sites for hydroxylation is 1.